The second kappa shape index (κ2) is 6.18. The molecule has 94 valence electrons. The molecule has 0 spiro atoms. The highest BCUT2D eigenvalue weighted by Gasteiger charge is 2.22. The third-order valence-electron chi connectivity index (χ3n) is 3.88. The van der Waals surface area contributed by atoms with Crippen LogP contribution in [0.2, 0.25) is 0 Å². The van der Waals surface area contributed by atoms with Gasteiger partial charge in [0.05, 0.1) is 12.7 Å². The van der Waals surface area contributed by atoms with Gasteiger partial charge in [0.15, 0.2) is 0 Å². The van der Waals surface area contributed by atoms with Crippen LogP contribution in [-0.4, -0.2) is 16.3 Å². The van der Waals surface area contributed by atoms with E-state index in [0.717, 1.165) is 18.4 Å². The van der Waals surface area contributed by atoms with Gasteiger partial charge in [-0.3, -0.25) is 0 Å². The lowest BCUT2D eigenvalue weighted by atomic mass is 9.95. The Morgan fingerprint density at radius 1 is 1.06 bits per heavy atom. The van der Waals surface area contributed by atoms with Crippen LogP contribution >= 0.6 is 0 Å². The molecule has 0 heterocycles. The highest BCUT2D eigenvalue weighted by molar-refractivity contribution is 5.22. The Hall–Kier alpha value is -0.860. The van der Waals surface area contributed by atoms with Crippen LogP contribution in [0.5, 0.6) is 0 Å². The van der Waals surface area contributed by atoms with Crippen molar-refractivity contribution in [2.45, 2.75) is 51.2 Å². The number of aryl methyl sites for hydroxylation is 1. The summed E-state index contributed by atoms with van der Waals surface area (Å²) in [6.07, 6.45) is 6.64. The average Bonchev–Trinajstić information content (AvgIpc) is 2.90. The third kappa shape index (κ3) is 3.55. The molecule has 2 N–H and O–H groups in total. The monoisotopic (exact) mass is 234 g/mol. The van der Waals surface area contributed by atoms with E-state index in [0.29, 0.717) is 5.92 Å². The first-order valence-corrected chi connectivity index (χ1v) is 6.66. The molecule has 1 aromatic carbocycles. The number of rotatable bonds is 5. The smallest absolute Gasteiger partial charge is 0.0681 e. The van der Waals surface area contributed by atoms with Gasteiger partial charge < -0.3 is 10.2 Å². The molecule has 1 aliphatic carbocycles. The van der Waals surface area contributed by atoms with Crippen molar-refractivity contribution in [1.29, 1.82) is 0 Å². The Morgan fingerprint density at radius 3 is 2.24 bits per heavy atom. The van der Waals surface area contributed by atoms with Crippen molar-refractivity contribution in [2.24, 2.45) is 5.92 Å². The molecule has 1 atom stereocenters. The zero-order valence-electron chi connectivity index (χ0n) is 10.3. The topological polar surface area (TPSA) is 40.5 Å². The van der Waals surface area contributed by atoms with Crippen LogP contribution < -0.4 is 0 Å². The van der Waals surface area contributed by atoms with Gasteiger partial charge in [0.1, 0.15) is 0 Å². The third-order valence-corrected chi connectivity index (χ3v) is 3.88. The molecule has 0 radical (unpaired) electrons. The Bertz CT molecular complexity index is 325. The molecule has 0 bridgehead atoms. The molecular weight excluding hydrogens is 212 g/mol. The molecule has 0 aliphatic heterocycles. The molecular formula is C15H22O2. The highest BCUT2D eigenvalue weighted by Crippen LogP contribution is 2.29. The lowest BCUT2D eigenvalue weighted by molar-refractivity contribution is 0.102. The lowest BCUT2D eigenvalue weighted by Crippen LogP contribution is -2.18. The fourth-order valence-electron chi connectivity index (χ4n) is 2.70. The summed E-state index contributed by atoms with van der Waals surface area (Å²) in [6.45, 7) is 0.102. The Morgan fingerprint density at radius 2 is 1.65 bits per heavy atom. The predicted molar refractivity (Wildman–Crippen MR) is 68.7 cm³/mol. The van der Waals surface area contributed by atoms with Crippen LogP contribution in [0, 0.1) is 5.92 Å². The molecule has 17 heavy (non-hydrogen) atoms. The summed E-state index contributed by atoms with van der Waals surface area (Å²) in [5, 5.41) is 19.0. The lowest BCUT2D eigenvalue weighted by Gasteiger charge is -2.17. The normalized spacial score (nSPS) is 18.5. The summed E-state index contributed by atoms with van der Waals surface area (Å²) >= 11 is 0. The molecule has 1 aliphatic rings. The average molecular weight is 234 g/mol. The number of benzene rings is 1. The van der Waals surface area contributed by atoms with Crippen LogP contribution in [-0.2, 0) is 13.0 Å². The van der Waals surface area contributed by atoms with Gasteiger partial charge >= 0.3 is 0 Å². The maximum Gasteiger partial charge on any atom is 0.0681 e. The second-order valence-corrected chi connectivity index (χ2v) is 5.13. The second-order valence-electron chi connectivity index (χ2n) is 5.13. The van der Waals surface area contributed by atoms with E-state index in [1.54, 1.807) is 0 Å². The minimum Gasteiger partial charge on any atom is -0.393 e. The summed E-state index contributed by atoms with van der Waals surface area (Å²) in [6, 6.07) is 8.01. The first kappa shape index (κ1) is 12.6. The Balaban J connectivity index is 1.80. The van der Waals surface area contributed by atoms with Crippen molar-refractivity contribution in [2.75, 3.05) is 0 Å². The van der Waals surface area contributed by atoms with Gasteiger partial charge in [0.2, 0.25) is 0 Å². The minimum atomic E-state index is -0.130. The van der Waals surface area contributed by atoms with Crippen molar-refractivity contribution >= 4 is 0 Å². The van der Waals surface area contributed by atoms with Crippen LogP contribution in [0.15, 0.2) is 24.3 Å². The molecule has 1 saturated carbocycles. The van der Waals surface area contributed by atoms with Crippen molar-refractivity contribution in [3.8, 4) is 0 Å². The van der Waals surface area contributed by atoms with Crippen LogP contribution in [0.1, 0.15) is 43.2 Å². The number of aliphatic hydroxyl groups is 2. The summed E-state index contributed by atoms with van der Waals surface area (Å²) in [7, 11) is 0. The van der Waals surface area contributed by atoms with Gasteiger partial charge in [-0.25, -0.2) is 0 Å². The van der Waals surface area contributed by atoms with E-state index >= 15 is 0 Å². The van der Waals surface area contributed by atoms with Crippen molar-refractivity contribution < 1.29 is 10.2 Å². The summed E-state index contributed by atoms with van der Waals surface area (Å²) < 4.78 is 0. The van der Waals surface area contributed by atoms with E-state index in [9.17, 15) is 5.11 Å². The molecule has 0 amide bonds. The zero-order valence-corrected chi connectivity index (χ0v) is 10.3. The van der Waals surface area contributed by atoms with Crippen molar-refractivity contribution in [3.05, 3.63) is 35.4 Å². The molecule has 1 fully saturated rings. The summed E-state index contributed by atoms with van der Waals surface area (Å²) in [4.78, 5) is 0. The number of hydrogen-bond donors (Lipinski definition) is 2. The maximum atomic E-state index is 10.1. The van der Waals surface area contributed by atoms with E-state index in [1.807, 2.05) is 24.3 Å². The predicted octanol–water partition coefficient (Wildman–Crippen LogP) is 2.66. The number of hydrogen-bond acceptors (Lipinski definition) is 2. The zero-order chi connectivity index (χ0) is 12.1. The molecule has 2 heteroatoms. The Kier molecular flexibility index (Phi) is 4.57. The molecule has 2 rings (SSSR count). The van der Waals surface area contributed by atoms with Gasteiger partial charge in [-0.15, -0.1) is 0 Å². The van der Waals surface area contributed by atoms with Gasteiger partial charge in [-0.05, 0) is 42.7 Å². The summed E-state index contributed by atoms with van der Waals surface area (Å²) in [5.41, 5.74) is 2.20. The van der Waals surface area contributed by atoms with Gasteiger partial charge in [0, 0.05) is 0 Å². The standard InChI is InChI=1S/C15H22O2/c16-11-13-7-5-12(6-8-13)9-10-15(17)14-3-1-2-4-14/h5-8,14-17H,1-4,9-11H2. The SMILES string of the molecule is OCc1ccc(CCC(O)C2CCCC2)cc1. The minimum absolute atomic E-state index is 0.102. The number of aliphatic hydroxyl groups excluding tert-OH is 2. The van der Waals surface area contributed by atoms with Gasteiger partial charge in [-0.1, -0.05) is 37.1 Å². The molecule has 1 unspecified atom stereocenters. The Labute approximate surface area is 103 Å². The van der Waals surface area contributed by atoms with Crippen molar-refractivity contribution in [3.63, 3.8) is 0 Å². The van der Waals surface area contributed by atoms with Crippen LogP contribution in [0.25, 0.3) is 0 Å². The fourth-order valence-corrected chi connectivity index (χ4v) is 2.70. The van der Waals surface area contributed by atoms with Crippen LogP contribution in [0.3, 0.4) is 0 Å². The molecule has 0 aromatic heterocycles. The van der Waals surface area contributed by atoms with E-state index in [4.69, 9.17) is 5.11 Å². The van der Waals surface area contributed by atoms with E-state index in [1.165, 1.54) is 31.2 Å². The molecule has 0 saturated heterocycles. The first-order chi connectivity index (χ1) is 8.29. The van der Waals surface area contributed by atoms with Crippen LogP contribution in [0.4, 0.5) is 0 Å². The van der Waals surface area contributed by atoms with Gasteiger partial charge in [-0.2, -0.15) is 0 Å². The molecule has 2 nitrogen and oxygen atoms in total. The fraction of sp³-hybridized carbons (Fsp3) is 0.600. The maximum absolute atomic E-state index is 10.1. The largest absolute Gasteiger partial charge is 0.393 e. The van der Waals surface area contributed by atoms with E-state index < -0.39 is 0 Å². The first-order valence-electron chi connectivity index (χ1n) is 6.66. The molecule has 1 aromatic rings. The van der Waals surface area contributed by atoms with E-state index in [2.05, 4.69) is 0 Å². The van der Waals surface area contributed by atoms with E-state index in [-0.39, 0.29) is 12.7 Å². The van der Waals surface area contributed by atoms with Crippen molar-refractivity contribution in [1.82, 2.24) is 0 Å². The highest BCUT2D eigenvalue weighted by atomic mass is 16.3. The van der Waals surface area contributed by atoms with Gasteiger partial charge in [0.25, 0.3) is 0 Å². The quantitative estimate of drug-likeness (QED) is 0.822. The summed E-state index contributed by atoms with van der Waals surface area (Å²) in [5.74, 6) is 0.534.